The quantitative estimate of drug-likeness (QED) is 0.427. The Hall–Kier alpha value is -2.30. The summed E-state index contributed by atoms with van der Waals surface area (Å²) in [6.45, 7) is 4.17. The predicted molar refractivity (Wildman–Crippen MR) is 123 cm³/mol. The maximum atomic E-state index is 14.8. The molecule has 0 amide bonds. The summed E-state index contributed by atoms with van der Waals surface area (Å²) in [4.78, 5) is 12.6. The van der Waals surface area contributed by atoms with Crippen molar-refractivity contribution in [2.45, 2.75) is 89.6 Å². The van der Waals surface area contributed by atoms with Gasteiger partial charge in [0.25, 0.3) is 0 Å². The SMILES string of the molecule is CCc1ccc(C2CCC(OC(=O)c3ccc(C4CCC(C)CC4)c(F)c3F)CC2)c(F)c1. The number of ether oxygens (including phenoxy) is 1. The third-order valence-corrected chi connectivity index (χ3v) is 7.65. The van der Waals surface area contributed by atoms with Crippen molar-refractivity contribution in [3.05, 3.63) is 70.0 Å². The van der Waals surface area contributed by atoms with Crippen LogP contribution in [0.1, 0.15) is 104 Å². The zero-order chi connectivity index (χ0) is 23.5. The van der Waals surface area contributed by atoms with Crippen LogP contribution in [0.5, 0.6) is 0 Å². The number of carbonyl (C=O) groups is 1. The Labute approximate surface area is 194 Å². The third kappa shape index (κ3) is 5.28. The Morgan fingerprint density at radius 2 is 1.45 bits per heavy atom. The maximum absolute atomic E-state index is 14.8. The molecule has 0 bridgehead atoms. The Balaban J connectivity index is 1.37. The van der Waals surface area contributed by atoms with Gasteiger partial charge in [-0.1, -0.05) is 44.9 Å². The second kappa shape index (κ2) is 10.3. The Kier molecular flexibility index (Phi) is 7.45. The molecule has 0 aliphatic heterocycles. The van der Waals surface area contributed by atoms with E-state index in [1.54, 1.807) is 12.1 Å². The molecular formula is C28H33F3O2. The fourth-order valence-electron chi connectivity index (χ4n) is 5.44. The van der Waals surface area contributed by atoms with Crippen LogP contribution in [0.15, 0.2) is 30.3 Å². The molecule has 5 heteroatoms. The van der Waals surface area contributed by atoms with E-state index in [9.17, 15) is 18.0 Å². The average molecular weight is 459 g/mol. The van der Waals surface area contributed by atoms with E-state index in [-0.39, 0.29) is 29.3 Å². The van der Waals surface area contributed by atoms with Crippen LogP contribution < -0.4 is 0 Å². The van der Waals surface area contributed by atoms with Crippen molar-refractivity contribution in [1.82, 2.24) is 0 Å². The number of benzene rings is 2. The minimum absolute atomic E-state index is 0.00263. The van der Waals surface area contributed by atoms with Crippen molar-refractivity contribution in [1.29, 1.82) is 0 Å². The van der Waals surface area contributed by atoms with Gasteiger partial charge >= 0.3 is 5.97 Å². The number of esters is 1. The van der Waals surface area contributed by atoms with E-state index < -0.39 is 17.6 Å². The molecule has 0 unspecified atom stereocenters. The molecule has 0 aromatic heterocycles. The highest BCUT2D eigenvalue weighted by Crippen LogP contribution is 2.38. The Morgan fingerprint density at radius 3 is 2.09 bits per heavy atom. The van der Waals surface area contributed by atoms with Crippen molar-refractivity contribution in [3.63, 3.8) is 0 Å². The van der Waals surface area contributed by atoms with Gasteiger partial charge in [0.05, 0.1) is 5.56 Å². The van der Waals surface area contributed by atoms with E-state index in [0.717, 1.165) is 37.7 Å². The zero-order valence-electron chi connectivity index (χ0n) is 19.5. The number of rotatable bonds is 5. The number of halogens is 3. The van der Waals surface area contributed by atoms with Gasteiger partial charge in [-0.25, -0.2) is 18.0 Å². The molecule has 2 nitrogen and oxygen atoms in total. The molecule has 178 valence electrons. The predicted octanol–water partition coefficient (Wildman–Crippen LogP) is 7.84. The van der Waals surface area contributed by atoms with Gasteiger partial charge in [0.2, 0.25) is 0 Å². The fraction of sp³-hybridized carbons (Fsp3) is 0.536. The minimum atomic E-state index is -1.11. The summed E-state index contributed by atoms with van der Waals surface area (Å²) in [6.07, 6.45) is 6.65. The van der Waals surface area contributed by atoms with Crippen molar-refractivity contribution in [2.24, 2.45) is 5.92 Å². The molecule has 0 radical (unpaired) electrons. The molecule has 0 spiro atoms. The molecule has 2 aromatic carbocycles. The number of carbonyl (C=O) groups excluding carboxylic acids is 1. The topological polar surface area (TPSA) is 26.3 Å². The lowest BCUT2D eigenvalue weighted by molar-refractivity contribution is 0.0188. The first-order valence-electron chi connectivity index (χ1n) is 12.3. The second-order valence-electron chi connectivity index (χ2n) is 9.88. The molecule has 2 aromatic rings. The van der Waals surface area contributed by atoms with Gasteiger partial charge < -0.3 is 4.74 Å². The van der Waals surface area contributed by atoms with Gasteiger partial charge in [0.1, 0.15) is 11.9 Å². The smallest absolute Gasteiger partial charge is 0.341 e. The van der Waals surface area contributed by atoms with Crippen LogP contribution in [0, 0.1) is 23.4 Å². The third-order valence-electron chi connectivity index (χ3n) is 7.65. The number of hydrogen-bond acceptors (Lipinski definition) is 2. The van der Waals surface area contributed by atoms with Crippen LogP contribution in [0.4, 0.5) is 13.2 Å². The molecule has 2 saturated carbocycles. The summed E-state index contributed by atoms with van der Waals surface area (Å²) in [5.74, 6) is -2.33. The second-order valence-corrected chi connectivity index (χ2v) is 9.88. The summed E-state index contributed by atoms with van der Waals surface area (Å²) < 4.78 is 49.5. The summed E-state index contributed by atoms with van der Waals surface area (Å²) >= 11 is 0. The Morgan fingerprint density at radius 1 is 0.848 bits per heavy atom. The molecule has 2 aliphatic rings. The van der Waals surface area contributed by atoms with Gasteiger partial charge in [-0.15, -0.1) is 0 Å². The van der Waals surface area contributed by atoms with E-state index >= 15 is 0 Å². The molecular weight excluding hydrogens is 425 g/mol. The molecule has 2 fully saturated rings. The molecule has 0 atom stereocenters. The maximum Gasteiger partial charge on any atom is 0.341 e. The highest BCUT2D eigenvalue weighted by molar-refractivity contribution is 5.90. The van der Waals surface area contributed by atoms with Gasteiger partial charge in [0, 0.05) is 0 Å². The van der Waals surface area contributed by atoms with Crippen LogP contribution in [-0.4, -0.2) is 12.1 Å². The van der Waals surface area contributed by atoms with Crippen LogP contribution >= 0.6 is 0 Å². The summed E-state index contributed by atoms with van der Waals surface area (Å²) in [7, 11) is 0. The Bertz CT molecular complexity index is 987. The average Bonchev–Trinajstić information content (AvgIpc) is 2.82. The molecule has 0 saturated heterocycles. The highest BCUT2D eigenvalue weighted by atomic mass is 19.2. The molecule has 0 heterocycles. The lowest BCUT2D eigenvalue weighted by Crippen LogP contribution is -2.25. The van der Waals surface area contributed by atoms with Crippen LogP contribution in [-0.2, 0) is 11.2 Å². The molecule has 0 N–H and O–H groups in total. The fourth-order valence-corrected chi connectivity index (χ4v) is 5.44. The number of hydrogen-bond donors (Lipinski definition) is 0. The molecule has 4 rings (SSSR count). The van der Waals surface area contributed by atoms with E-state index in [1.165, 1.54) is 6.07 Å². The van der Waals surface area contributed by atoms with Gasteiger partial charge in [-0.05, 0) is 91.5 Å². The van der Waals surface area contributed by atoms with Crippen molar-refractivity contribution in [2.75, 3.05) is 0 Å². The highest BCUT2D eigenvalue weighted by Gasteiger charge is 2.30. The monoisotopic (exact) mass is 458 g/mol. The van der Waals surface area contributed by atoms with E-state index in [0.29, 0.717) is 42.7 Å². The molecule has 2 aliphatic carbocycles. The van der Waals surface area contributed by atoms with E-state index in [1.807, 2.05) is 19.1 Å². The standard InChI is InChI=1S/C28H33F3O2/c1-3-18-6-13-22(25(29)16-18)19-9-11-21(12-10-19)33-28(32)24-15-14-23(26(30)27(24)31)20-7-4-17(2)5-8-20/h6,13-17,19-21H,3-5,7-12H2,1-2H3. The van der Waals surface area contributed by atoms with Crippen molar-refractivity contribution in [3.8, 4) is 0 Å². The van der Waals surface area contributed by atoms with Crippen molar-refractivity contribution >= 4 is 5.97 Å². The van der Waals surface area contributed by atoms with E-state index in [2.05, 4.69) is 6.92 Å². The van der Waals surface area contributed by atoms with Crippen molar-refractivity contribution < 1.29 is 22.7 Å². The van der Waals surface area contributed by atoms with E-state index in [4.69, 9.17) is 4.74 Å². The normalized spacial score (nSPS) is 25.6. The first-order chi connectivity index (χ1) is 15.9. The lowest BCUT2D eigenvalue weighted by Gasteiger charge is -2.29. The summed E-state index contributed by atoms with van der Waals surface area (Å²) in [5, 5.41) is 0. The molecule has 33 heavy (non-hydrogen) atoms. The summed E-state index contributed by atoms with van der Waals surface area (Å²) in [5.41, 5.74) is 1.70. The van der Waals surface area contributed by atoms with Gasteiger partial charge in [-0.3, -0.25) is 0 Å². The van der Waals surface area contributed by atoms with Gasteiger partial charge in [-0.2, -0.15) is 0 Å². The first kappa shape index (κ1) is 23.8. The first-order valence-corrected chi connectivity index (χ1v) is 12.3. The number of aryl methyl sites for hydroxylation is 1. The zero-order valence-corrected chi connectivity index (χ0v) is 19.5. The summed E-state index contributed by atoms with van der Waals surface area (Å²) in [6, 6.07) is 8.33. The van der Waals surface area contributed by atoms with Crippen LogP contribution in [0.25, 0.3) is 0 Å². The minimum Gasteiger partial charge on any atom is -0.459 e. The van der Waals surface area contributed by atoms with Gasteiger partial charge in [0.15, 0.2) is 11.6 Å². The van der Waals surface area contributed by atoms with Crippen LogP contribution in [0.3, 0.4) is 0 Å². The lowest BCUT2D eigenvalue weighted by atomic mass is 9.79. The largest absolute Gasteiger partial charge is 0.459 e. The van der Waals surface area contributed by atoms with Crippen LogP contribution in [0.2, 0.25) is 0 Å².